The van der Waals surface area contributed by atoms with Crippen LogP contribution < -0.4 is 0 Å². The van der Waals surface area contributed by atoms with E-state index in [-0.39, 0.29) is 0 Å². The van der Waals surface area contributed by atoms with E-state index in [2.05, 4.69) is 11.0 Å². The third kappa shape index (κ3) is 2.14. The quantitative estimate of drug-likeness (QED) is 0.909. The maximum Gasteiger partial charge on any atom is 0.115 e. The van der Waals surface area contributed by atoms with E-state index in [1.165, 1.54) is 63.7 Å². The summed E-state index contributed by atoms with van der Waals surface area (Å²) in [4.78, 5) is 2.72. The lowest BCUT2D eigenvalue weighted by atomic mass is 9.64. The average Bonchev–Trinajstić information content (AvgIpc) is 3.17. The topological polar surface area (TPSA) is 23.5 Å². The third-order valence-electron chi connectivity index (χ3n) is 5.83. The molecule has 3 fully saturated rings. The molecule has 0 amide bonds. The van der Waals surface area contributed by atoms with Crippen molar-refractivity contribution in [2.75, 3.05) is 19.6 Å². The summed E-state index contributed by atoms with van der Waals surface area (Å²) in [6.45, 7) is 3.82. The van der Waals surface area contributed by atoms with Gasteiger partial charge in [0, 0.05) is 25.0 Å². The first-order valence-corrected chi connectivity index (χ1v) is 8.28. The monoisotopic (exact) mass is 271 g/mol. The number of phenols is 1. The molecule has 0 bridgehead atoms. The minimum Gasteiger partial charge on any atom is -0.508 e. The second-order valence-electron chi connectivity index (χ2n) is 7.29. The molecule has 3 aliphatic rings. The number of benzene rings is 1. The van der Waals surface area contributed by atoms with Gasteiger partial charge in [0.1, 0.15) is 5.75 Å². The Bertz CT molecular complexity index is 496. The highest BCUT2D eigenvalue weighted by molar-refractivity contribution is 5.36. The Hall–Kier alpha value is -1.02. The van der Waals surface area contributed by atoms with E-state index in [9.17, 15) is 5.11 Å². The van der Waals surface area contributed by atoms with Crippen LogP contribution in [0.2, 0.25) is 0 Å². The van der Waals surface area contributed by atoms with Gasteiger partial charge in [-0.25, -0.2) is 0 Å². The van der Waals surface area contributed by atoms with E-state index >= 15 is 0 Å². The fourth-order valence-electron chi connectivity index (χ4n) is 4.65. The molecule has 2 unspecified atom stereocenters. The number of phenolic OH excluding ortho intramolecular Hbond substituents is 1. The van der Waals surface area contributed by atoms with E-state index in [0.29, 0.717) is 11.2 Å². The Labute approximate surface area is 121 Å². The number of rotatable bonds is 3. The fourth-order valence-corrected chi connectivity index (χ4v) is 4.65. The fraction of sp³-hybridized carbons (Fsp3) is 0.667. The van der Waals surface area contributed by atoms with Gasteiger partial charge in [-0.15, -0.1) is 0 Å². The number of fused-ring (bicyclic) bond motifs is 1. The van der Waals surface area contributed by atoms with Crippen molar-refractivity contribution >= 4 is 0 Å². The minimum atomic E-state index is 0.325. The summed E-state index contributed by atoms with van der Waals surface area (Å²) in [5.74, 6) is 2.22. The summed E-state index contributed by atoms with van der Waals surface area (Å²) < 4.78 is 0. The Balaban J connectivity index is 1.64. The van der Waals surface area contributed by atoms with E-state index in [1.54, 1.807) is 6.07 Å². The van der Waals surface area contributed by atoms with Gasteiger partial charge in [0.25, 0.3) is 0 Å². The maximum atomic E-state index is 9.87. The Kier molecular flexibility index (Phi) is 3.03. The lowest BCUT2D eigenvalue weighted by molar-refractivity contribution is 0.239. The molecule has 4 rings (SSSR count). The molecule has 2 nitrogen and oxygen atoms in total. The van der Waals surface area contributed by atoms with Crippen molar-refractivity contribution < 1.29 is 5.11 Å². The van der Waals surface area contributed by atoms with Crippen LogP contribution in [-0.2, 0) is 5.41 Å². The molecule has 0 spiro atoms. The molecule has 1 saturated heterocycles. The van der Waals surface area contributed by atoms with Crippen LogP contribution in [0, 0.1) is 11.8 Å². The number of nitrogens with zero attached hydrogens (tertiary/aromatic N) is 1. The van der Waals surface area contributed by atoms with Gasteiger partial charge in [-0.2, -0.15) is 0 Å². The molecule has 1 aromatic rings. The van der Waals surface area contributed by atoms with Crippen LogP contribution in [0.5, 0.6) is 5.75 Å². The molecule has 1 aromatic carbocycles. The zero-order valence-corrected chi connectivity index (χ0v) is 12.2. The van der Waals surface area contributed by atoms with Gasteiger partial charge in [-0.05, 0) is 55.2 Å². The molecule has 2 saturated carbocycles. The number of aromatic hydroxyl groups is 1. The summed E-state index contributed by atoms with van der Waals surface area (Å²) in [5, 5.41) is 9.87. The summed E-state index contributed by atoms with van der Waals surface area (Å²) in [7, 11) is 0. The number of hydrogen-bond donors (Lipinski definition) is 1. The van der Waals surface area contributed by atoms with Gasteiger partial charge in [0.15, 0.2) is 0 Å². The van der Waals surface area contributed by atoms with Crippen LogP contribution in [0.4, 0.5) is 0 Å². The van der Waals surface area contributed by atoms with Crippen molar-refractivity contribution in [3.05, 3.63) is 29.8 Å². The molecule has 108 valence electrons. The standard InChI is InChI=1S/C18H25NO/c20-17-6-3-5-15(10-17)18-9-2-1-4-16(18)12-19(13-18)11-14-7-8-14/h3,5-6,10,14,16,20H,1-2,4,7-9,11-13H2. The third-order valence-corrected chi connectivity index (χ3v) is 5.83. The molecular weight excluding hydrogens is 246 g/mol. The van der Waals surface area contributed by atoms with Gasteiger partial charge < -0.3 is 10.0 Å². The van der Waals surface area contributed by atoms with Crippen LogP contribution in [0.3, 0.4) is 0 Å². The molecule has 0 radical (unpaired) electrons. The van der Waals surface area contributed by atoms with E-state index in [1.807, 2.05) is 12.1 Å². The minimum absolute atomic E-state index is 0.325. The lowest BCUT2D eigenvalue weighted by Gasteiger charge is -2.39. The van der Waals surface area contributed by atoms with Gasteiger partial charge in [-0.1, -0.05) is 25.0 Å². The summed E-state index contributed by atoms with van der Waals surface area (Å²) in [6, 6.07) is 8.10. The zero-order valence-electron chi connectivity index (χ0n) is 12.2. The van der Waals surface area contributed by atoms with Gasteiger partial charge >= 0.3 is 0 Å². The second-order valence-corrected chi connectivity index (χ2v) is 7.29. The van der Waals surface area contributed by atoms with Gasteiger partial charge in [0.05, 0.1) is 0 Å². The largest absolute Gasteiger partial charge is 0.508 e. The Morgan fingerprint density at radius 1 is 1.20 bits per heavy atom. The lowest BCUT2D eigenvalue weighted by Crippen LogP contribution is -2.38. The first kappa shape index (κ1) is 12.7. The van der Waals surface area contributed by atoms with Crippen molar-refractivity contribution in [2.24, 2.45) is 11.8 Å². The van der Waals surface area contributed by atoms with Crippen LogP contribution in [-0.4, -0.2) is 29.6 Å². The van der Waals surface area contributed by atoms with Crippen LogP contribution in [0.15, 0.2) is 24.3 Å². The van der Waals surface area contributed by atoms with E-state index in [0.717, 1.165) is 11.8 Å². The van der Waals surface area contributed by atoms with Gasteiger partial charge in [-0.3, -0.25) is 0 Å². The predicted octanol–water partition coefficient (Wildman–Crippen LogP) is 3.55. The first-order valence-electron chi connectivity index (χ1n) is 8.28. The summed E-state index contributed by atoms with van der Waals surface area (Å²) in [5.41, 5.74) is 1.71. The van der Waals surface area contributed by atoms with Crippen LogP contribution in [0.1, 0.15) is 44.1 Å². The molecule has 0 aromatic heterocycles. The molecule has 2 heteroatoms. The summed E-state index contributed by atoms with van der Waals surface area (Å²) in [6.07, 6.45) is 8.31. The smallest absolute Gasteiger partial charge is 0.115 e. The SMILES string of the molecule is Oc1cccc(C23CCCCC2CN(CC2CC2)C3)c1. The number of likely N-dealkylation sites (tertiary alicyclic amines) is 1. The van der Waals surface area contributed by atoms with Crippen molar-refractivity contribution in [1.29, 1.82) is 0 Å². The normalized spacial score (nSPS) is 34.1. The van der Waals surface area contributed by atoms with Crippen molar-refractivity contribution in [1.82, 2.24) is 4.90 Å². The first-order chi connectivity index (χ1) is 9.76. The molecule has 20 heavy (non-hydrogen) atoms. The van der Waals surface area contributed by atoms with Crippen LogP contribution in [0.25, 0.3) is 0 Å². The van der Waals surface area contributed by atoms with Gasteiger partial charge in [0.2, 0.25) is 0 Å². The van der Waals surface area contributed by atoms with E-state index in [4.69, 9.17) is 0 Å². The Morgan fingerprint density at radius 2 is 2.10 bits per heavy atom. The zero-order chi connectivity index (χ0) is 13.6. The highest BCUT2D eigenvalue weighted by atomic mass is 16.3. The molecule has 1 aliphatic heterocycles. The second kappa shape index (κ2) is 4.77. The highest BCUT2D eigenvalue weighted by Gasteiger charge is 2.49. The highest BCUT2D eigenvalue weighted by Crippen LogP contribution is 2.49. The van der Waals surface area contributed by atoms with Crippen molar-refractivity contribution in [3.63, 3.8) is 0 Å². The average molecular weight is 271 g/mol. The summed E-state index contributed by atoms with van der Waals surface area (Å²) >= 11 is 0. The Morgan fingerprint density at radius 3 is 2.90 bits per heavy atom. The van der Waals surface area contributed by atoms with Crippen LogP contribution >= 0.6 is 0 Å². The molecule has 1 heterocycles. The molecular formula is C18H25NO. The van der Waals surface area contributed by atoms with Crippen molar-refractivity contribution in [3.8, 4) is 5.75 Å². The maximum absolute atomic E-state index is 9.87. The molecule has 2 atom stereocenters. The molecule has 1 N–H and O–H groups in total. The molecule has 2 aliphatic carbocycles. The number of hydrogen-bond acceptors (Lipinski definition) is 2. The van der Waals surface area contributed by atoms with E-state index < -0.39 is 0 Å². The van der Waals surface area contributed by atoms with Crippen molar-refractivity contribution in [2.45, 2.75) is 43.9 Å². The predicted molar refractivity (Wildman–Crippen MR) is 80.9 cm³/mol.